The summed E-state index contributed by atoms with van der Waals surface area (Å²) in [6.07, 6.45) is 6.61. The minimum atomic E-state index is -3.24. The van der Waals surface area contributed by atoms with Crippen molar-refractivity contribution in [2.45, 2.75) is 33.2 Å². The smallest absolute Gasteiger partial charge is 0.219 e. The van der Waals surface area contributed by atoms with E-state index in [0.29, 0.717) is 6.61 Å². The number of hydrogen-bond donors (Lipinski definition) is 2. The van der Waals surface area contributed by atoms with Crippen LogP contribution in [0.5, 0.6) is 5.75 Å². The predicted octanol–water partition coefficient (Wildman–Crippen LogP) is 3.31. The lowest BCUT2D eigenvalue weighted by Crippen LogP contribution is -2.43. The van der Waals surface area contributed by atoms with E-state index in [1.165, 1.54) is 0 Å². The summed E-state index contributed by atoms with van der Waals surface area (Å²) in [5, 5.41) is 0.921. The molecular formula is C24H30N4O4S. The summed E-state index contributed by atoms with van der Waals surface area (Å²) in [4.78, 5) is 21.2. The molecule has 2 N–H and O–H groups in total. The molecule has 3 heterocycles. The Morgan fingerprint density at radius 1 is 1.21 bits per heavy atom. The lowest BCUT2D eigenvalue weighted by atomic mass is 9.81. The molecule has 0 saturated carbocycles. The van der Waals surface area contributed by atoms with Crippen molar-refractivity contribution in [3.05, 3.63) is 48.3 Å². The number of pyridine rings is 1. The Hall–Kier alpha value is -2.91. The Morgan fingerprint density at radius 3 is 2.55 bits per heavy atom. The molecule has 0 radical (unpaired) electrons. The second-order valence-corrected chi connectivity index (χ2v) is 11.0. The number of amides is 1. The van der Waals surface area contributed by atoms with Gasteiger partial charge in [0.05, 0.1) is 18.2 Å². The Bertz CT molecular complexity index is 1240. The quantitative estimate of drug-likeness (QED) is 0.551. The molecule has 176 valence electrons. The number of nitrogens with zero attached hydrogens (tertiary/aromatic N) is 2. The first-order chi connectivity index (χ1) is 15.6. The average molecular weight is 471 g/mol. The molecule has 9 heteroatoms. The third kappa shape index (κ3) is 5.54. The van der Waals surface area contributed by atoms with Crippen molar-refractivity contribution in [2.24, 2.45) is 5.41 Å². The Balaban J connectivity index is 1.52. The fourth-order valence-corrected chi connectivity index (χ4v) is 4.58. The molecule has 33 heavy (non-hydrogen) atoms. The van der Waals surface area contributed by atoms with Crippen LogP contribution in [0.15, 0.2) is 42.7 Å². The van der Waals surface area contributed by atoms with Crippen molar-refractivity contribution >= 4 is 27.0 Å². The third-order valence-corrected chi connectivity index (χ3v) is 7.00. The topological polar surface area (TPSA) is 104 Å². The summed E-state index contributed by atoms with van der Waals surface area (Å²) in [5.41, 5.74) is 3.60. The van der Waals surface area contributed by atoms with E-state index in [-0.39, 0.29) is 17.9 Å². The normalized spacial score (nSPS) is 16.2. The highest BCUT2D eigenvalue weighted by atomic mass is 32.2. The lowest BCUT2D eigenvalue weighted by molar-refractivity contribution is -0.131. The molecule has 1 aliphatic heterocycles. The predicted molar refractivity (Wildman–Crippen MR) is 128 cm³/mol. The van der Waals surface area contributed by atoms with Gasteiger partial charge in [0, 0.05) is 49.9 Å². The van der Waals surface area contributed by atoms with Gasteiger partial charge in [0.25, 0.3) is 0 Å². The molecule has 0 atom stereocenters. The Labute approximate surface area is 194 Å². The van der Waals surface area contributed by atoms with Gasteiger partial charge >= 0.3 is 0 Å². The lowest BCUT2D eigenvalue weighted by Gasteiger charge is -2.38. The molecule has 3 aromatic rings. The zero-order chi connectivity index (χ0) is 23.6. The molecule has 4 rings (SSSR count). The van der Waals surface area contributed by atoms with Gasteiger partial charge in [0.1, 0.15) is 11.4 Å². The summed E-state index contributed by atoms with van der Waals surface area (Å²) < 4.78 is 31.5. The van der Waals surface area contributed by atoms with Gasteiger partial charge in [-0.3, -0.25) is 4.79 Å². The number of likely N-dealkylation sites (tertiary alicyclic amines) is 1. The van der Waals surface area contributed by atoms with Crippen LogP contribution < -0.4 is 9.46 Å². The molecule has 1 fully saturated rings. The second-order valence-electron chi connectivity index (χ2n) is 9.13. The zero-order valence-corrected chi connectivity index (χ0v) is 20.0. The number of carbonyl (C=O) groups excluding carboxylic acids is 1. The number of H-pyrrole nitrogens is 1. The van der Waals surface area contributed by atoms with Gasteiger partial charge in [-0.05, 0) is 30.0 Å². The molecule has 2 aromatic heterocycles. The summed E-state index contributed by atoms with van der Waals surface area (Å²) in [5.74, 6) is 0.901. The largest absolute Gasteiger partial charge is 0.492 e. The van der Waals surface area contributed by atoms with Crippen molar-refractivity contribution in [3.8, 4) is 16.9 Å². The number of ether oxygens (including phenoxy) is 1. The maximum absolute atomic E-state index is 11.6. The van der Waals surface area contributed by atoms with Crippen molar-refractivity contribution in [3.63, 3.8) is 0 Å². The van der Waals surface area contributed by atoms with Crippen molar-refractivity contribution in [1.29, 1.82) is 0 Å². The number of carbonyl (C=O) groups is 1. The SMILES string of the molecule is CC(=O)N1CCC(C)(COc2ccnc3[nH]cc(-c4ccc(CNS(C)(=O)=O)cc4)c23)CC1. The minimum absolute atomic E-state index is 0.00623. The number of fused-ring (bicyclic) bond motifs is 1. The molecule has 1 amide bonds. The number of nitrogens with one attached hydrogen (secondary N) is 2. The van der Waals surface area contributed by atoms with Gasteiger partial charge < -0.3 is 14.6 Å². The van der Waals surface area contributed by atoms with E-state index >= 15 is 0 Å². The van der Waals surface area contributed by atoms with E-state index in [4.69, 9.17) is 4.74 Å². The highest BCUT2D eigenvalue weighted by molar-refractivity contribution is 7.88. The van der Waals surface area contributed by atoms with Crippen LogP contribution in [0.2, 0.25) is 0 Å². The molecule has 1 saturated heterocycles. The van der Waals surface area contributed by atoms with Gasteiger partial charge in [-0.1, -0.05) is 31.2 Å². The summed E-state index contributed by atoms with van der Waals surface area (Å²) in [6.45, 7) is 6.17. The first-order valence-corrected chi connectivity index (χ1v) is 12.9. The van der Waals surface area contributed by atoms with E-state index in [0.717, 1.165) is 65.7 Å². The molecule has 1 aromatic carbocycles. The molecular weight excluding hydrogens is 440 g/mol. The van der Waals surface area contributed by atoms with Crippen LogP contribution in [-0.2, 0) is 21.4 Å². The maximum atomic E-state index is 11.6. The molecule has 1 aliphatic rings. The zero-order valence-electron chi connectivity index (χ0n) is 19.2. The fraction of sp³-hybridized carbons (Fsp3) is 0.417. The van der Waals surface area contributed by atoms with Gasteiger partial charge in [0.2, 0.25) is 15.9 Å². The Morgan fingerprint density at radius 2 is 1.91 bits per heavy atom. The molecule has 0 bridgehead atoms. The fourth-order valence-electron chi connectivity index (χ4n) is 4.15. The van der Waals surface area contributed by atoms with Crippen LogP contribution in [0.3, 0.4) is 0 Å². The summed E-state index contributed by atoms with van der Waals surface area (Å²) >= 11 is 0. The molecule has 0 aliphatic carbocycles. The van der Waals surface area contributed by atoms with Crippen LogP contribution in [0, 0.1) is 5.41 Å². The first kappa shape index (κ1) is 23.3. The van der Waals surface area contributed by atoms with E-state index in [1.807, 2.05) is 41.4 Å². The van der Waals surface area contributed by atoms with Crippen molar-refractivity contribution < 1.29 is 17.9 Å². The van der Waals surface area contributed by atoms with E-state index < -0.39 is 10.0 Å². The van der Waals surface area contributed by atoms with Crippen LogP contribution >= 0.6 is 0 Å². The number of rotatable bonds is 7. The maximum Gasteiger partial charge on any atom is 0.219 e. The van der Waals surface area contributed by atoms with Crippen LogP contribution in [0.4, 0.5) is 0 Å². The summed E-state index contributed by atoms with van der Waals surface area (Å²) in [6, 6.07) is 9.65. The number of hydrogen-bond acceptors (Lipinski definition) is 5. The van der Waals surface area contributed by atoms with Crippen molar-refractivity contribution in [2.75, 3.05) is 26.0 Å². The average Bonchev–Trinajstić information content (AvgIpc) is 3.21. The van der Waals surface area contributed by atoms with Crippen LogP contribution in [-0.4, -0.2) is 55.1 Å². The second kappa shape index (κ2) is 9.15. The van der Waals surface area contributed by atoms with E-state index in [1.54, 1.807) is 13.1 Å². The van der Waals surface area contributed by atoms with Gasteiger partial charge in [-0.25, -0.2) is 18.1 Å². The third-order valence-electron chi connectivity index (χ3n) is 6.33. The number of aromatic nitrogens is 2. The standard InChI is InChI=1S/C24H30N4O4S/c1-17(29)28-12-9-24(2,10-13-28)16-32-21-8-11-25-23-22(21)20(15-26-23)19-6-4-18(5-7-19)14-27-33(3,30)31/h4-8,11,15,27H,9-10,12-14,16H2,1-3H3,(H,25,26). The van der Waals surface area contributed by atoms with Crippen LogP contribution in [0.1, 0.15) is 32.3 Å². The minimum Gasteiger partial charge on any atom is -0.492 e. The van der Waals surface area contributed by atoms with Gasteiger partial charge in [0.15, 0.2) is 0 Å². The first-order valence-electron chi connectivity index (χ1n) is 11.0. The van der Waals surface area contributed by atoms with Crippen molar-refractivity contribution in [1.82, 2.24) is 19.6 Å². The number of aromatic amines is 1. The van der Waals surface area contributed by atoms with Gasteiger partial charge in [-0.15, -0.1) is 0 Å². The summed E-state index contributed by atoms with van der Waals surface area (Å²) in [7, 11) is -3.24. The monoisotopic (exact) mass is 470 g/mol. The van der Waals surface area contributed by atoms with E-state index in [2.05, 4.69) is 21.6 Å². The molecule has 8 nitrogen and oxygen atoms in total. The highest BCUT2D eigenvalue weighted by Gasteiger charge is 2.32. The van der Waals surface area contributed by atoms with E-state index in [9.17, 15) is 13.2 Å². The molecule has 0 unspecified atom stereocenters. The number of piperidine rings is 1. The number of benzene rings is 1. The molecule has 0 spiro atoms. The Kier molecular flexibility index (Phi) is 6.45. The van der Waals surface area contributed by atoms with Gasteiger partial charge in [-0.2, -0.15) is 0 Å². The van der Waals surface area contributed by atoms with Crippen LogP contribution in [0.25, 0.3) is 22.2 Å². The number of sulfonamides is 1. The highest BCUT2D eigenvalue weighted by Crippen LogP contribution is 2.37.